The second-order valence-electron chi connectivity index (χ2n) is 6.14. The molecular formula is C21H12F2N2O3S. The van der Waals surface area contributed by atoms with Crippen LogP contribution in [-0.2, 0) is 9.59 Å². The molecule has 3 aromatic rings. The van der Waals surface area contributed by atoms with E-state index < -0.39 is 17.6 Å². The van der Waals surface area contributed by atoms with E-state index in [1.54, 1.807) is 24.3 Å². The smallest absolute Gasteiger partial charge is 0.270 e. The molecule has 0 atom stereocenters. The van der Waals surface area contributed by atoms with Crippen molar-refractivity contribution in [1.29, 1.82) is 0 Å². The predicted molar refractivity (Wildman–Crippen MR) is 107 cm³/mol. The van der Waals surface area contributed by atoms with Gasteiger partial charge in [0.1, 0.15) is 28.7 Å². The lowest BCUT2D eigenvalue weighted by Gasteiger charge is -2.28. The minimum absolute atomic E-state index is 0.102. The molecule has 5 nitrogen and oxygen atoms in total. The molecule has 0 unspecified atom stereocenters. The molecule has 1 aliphatic rings. The molecule has 0 saturated carbocycles. The van der Waals surface area contributed by atoms with Gasteiger partial charge in [0.2, 0.25) is 0 Å². The molecule has 1 saturated heterocycles. The van der Waals surface area contributed by atoms with Gasteiger partial charge in [-0.25, -0.2) is 8.78 Å². The first-order valence-electron chi connectivity index (χ1n) is 8.45. The summed E-state index contributed by atoms with van der Waals surface area (Å²) >= 11 is 5.09. The number of rotatable bonds is 3. The molecule has 29 heavy (non-hydrogen) atoms. The first-order chi connectivity index (χ1) is 13.9. The second kappa shape index (κ2) is 7.40. The number of thiocarbonyl (C=S) groups is 1. The van der Waals surface area contributed by atoms with Crippen molar-refractivity contribution in [3.8, 4) is 11.3 Å². The minimum atomic E-state index is -0.668. The van der Waals surface area contributed by atoms with Crippen molar-refractivity contribution < 1.29 is 22.8 Å². The lowest BCUT2D eigenvalue weighted by Crippen LogP contribution is -2.54. The molecule has 144 valence electrons. The standard InChI is InChI=1S/C21H12F2N2O3S/c22-13-3-1-12(2-4-13)18-10-9-16(28-18)11-17-19(26)24-21(29)25(20(17)27)15-7-5-14(23)6-8-15/h1-11H,(H,24,26,29). The second-order valence-corrected chi connectivity index (χ2v) is 6.53. The van der Waals surface area contributed by atoms with Crippen molar-refractivity contribution in [2.24, 2.45) is 0 Å². The molecule has 2 heterocycles. The number of furan rings is 1. The molecule has 0 radical (unpaired) electrons. The fourth-order valence-corrected chi connectivity index (χ4v) is 3.11. The zero-order valence-corrected chi connectivity index (χ0v) is 15.5. The van der Waals surface area contributed by atoms with Crippen molar-refractivity contribution in [2.45, 2.75) is 0 Å². The Morgan fingerprint density at radius 3 is 2.17 bits per heavy atom. The van der Waals surface area contributed by atoms with E-state index in [9.17, 15) is 18.4 Å². The SMILES string of the molecule is O=C1NC(=S)N(c2ccc(F)cc2)C(=O)C1=Cc1ccc(-c2ccc(F)cc2)o1. The summed E-state index contributed by atoms with van der Waals surface area (Å²) in [7, 11) is 0. The minimum Gasteiger partial charge on any atom is -0.457 e. The topological polar surface area (TPSA) is 62.6 Å². The fourth-order valence-electron chi connectivity index (χ4n) is 2.82. The van der Waals surface area contributed by atoms with Crippen LogP contribution < -0.4 is 10.2 Å². The third-order valence-electron chi connectivity index (χ3n) is 4.23. The molecule has 0 spiro atoms. The summed E-state index contributed by atoms with van der Waals surface area (Å²) in [6.07, 6.45) is 1.29. The summed E-state index contributed by atoms with van der Waals surface area (Å²) in [5, 5.41) is 2.34. The van der Waals surface area contributed by atoms with Gasteiger partial charge >= 0.3 is 0 Å². The Morgan fingerprint density at radius 1 is 0.897 bits per heavy atom. The van der Waals surface area contributed by atoms with Crippen LogP contribution in [0, 0.1) is 11.6 Å². The van der Waals surface area contributed by atoms with E-state index in [0.717, 1.165) is 4.90 Å². The van der Waals surface area contributed by atoms with Crippen LogP contribution in [0.25, 0.3) is 17.4 Å². The maximum absolute atomic E-state index is 13.2. The van der Waals surface area contributed by atoms with E-state index in [0.29, 0.717) is 17.0 Å². The molecule has 1 N–H and O–H groups in total. The summed E-state index contributed by atoms with van der Waals surface area (Å²) in [4.78, 5) is 26.3. The molecule has 0 bridgehead atoms. The zero-order valence-electron chi connectivity index (χ0n) is 14.7. The Balaban J connectivity index is 1.66. The van der Waals surface area contributed by atoms with Crippen LogP contribution in [-0.4, -0.2) is 16.9 Å². The Kier molecular flexibility index (Phi) is 4.77. The molecule has 2 aromatic carbocycles. The summed E-state index contributed by atoms with van der Waals surface area (Å²) < 4.78 is 31.9. The van der Waals surface area contributed by atoms with Gasteiger partial charge < -0.3 is 4.42 Å². The van der Waals surface area contributed by atoms with Gasteiger partial charge in [0.25, 0.3) is 11.8 Å². The van der Waals surface area contributed by atoms with E-state index in [1.807, 2.05) is 0 Å². The van der Waals surface area contributed by atoms with Gasteiger partial charge in [-0.3, -0.25) is 19.8 Å². The molecule has 2 amide bonds. The number of anilines is 1. The van der Waals surface area contributed by atoms with Gasteiger partial charge in [-0.1, -0.05) is 0 Å². The zero-order chi connectivity index (χ0) is 20.5. The molecule has 8 heteroatoms. The Bertz CT molecular complexity index is 1150. The van der Waals surface area contributed by atoms with Crippen LogP contribution >= 0.6 is 12.2 Å². The summed E-state index contributed by atoms with van der Waals surface area (Å²) in [6, 6.07) is 14.1. The molecule has 1 aliphatic heterocycles. The van der Waals surface area contributed by atoms with Gasteiger partial charge in [-0.2, -0.15) is 0 Å². The van der Waals surface area contributed by atoms with Crippen molar-refractivity contribution >= 4 is 40.9 Å². The normalized spacial score (nSPS) is 15.7. The van der Waals surface area contributed by atoms with Crippen molar-refractivity contribution in [1.82, 2.24) is 5.32 Å². The number of hydrogen-bond donors (Lipinski definition) is 1. The highest BCUT2D eigenvalue weighted by Crippen LogP contribution is 2.26. The molecule has 1 fully saturated rings. The van der Waals surface area contributed by atoms with Crippen LogP contribution in [0.3, 0.4) is 0 Å². The number of benzene rings is 2. The number of hydrogen-bond acceptors (Lipinski definition) is 4. The first kappa shape index (κ1) is 18.7. The number of halogens is 2. The number of nitrogens with zero attached hydrogens (tertiary/aromatic N) is 1. The largest absolute Gasteiger partial charge is 0.457 e. The van der Waals surface area contributed by atoms with Crippen LogP contribution in [0.2, 0.25) is 0 Å². The average molecular weight is 410 g/mol. The third-order valence-corrected chi connectivity index (χ3v) is 4.51. The van der Waals surface area contributed by atoms with E-state index in [1.165, 1.54) is 42.5 Å². The van der Waals surface area contributed by atoms with E-state index in [-0.39, 0.29) is 22.3 Å². The first-order valence-corrected chi connectivity index (χ1v) is 8.86. The van der Waals surface area contributed by atoms with E-state index in [2.05, 4.69) is 5.32 Å². The Morgan fingerprint density at radius 2 is 1.52 bits per heavy atom. The van der Waals surface area contributed by atoms with E-state index in [4.69, 9.17) is 16.6 Å². The Hall–Kier alpha value is -3.65. The van der Waals surface area contributed by atoms with Crippen molar-refractivity contribution in [3.63, 3.8) is 0 Å². The van der Waals surface area contributed by atoms with Gasteiger partial charge in [-0.05, 0) is 79.0 Å². The summed E-state index contributed by atoms with van der Waals surface area (Å²) in [5.74, 6) is -1.46. The summed E-state index contributed by atoms with van der Waals surface area (Å²) in [5.41, 5.74) is 0.770. The van der Waals surface area contributed by atoms with Crippen LogP contribution in [0.4, 0.5) is 14.5 Å². The van der Waals surface area contributed by atoms with Crippen molar-refractivity contribution in [3.05, 3.63) is 83.6 Å². The highest BCUT2D eigenvalue weighted by molar-refractivity contribution is 7.80. The highest BCUT2D eigenvalue weighted by atomic mass is 32.1. The van der Waals surface area contributed by atoms with Gasteiger partial charge in [0.05, 0.1) is 5.69 Å². The predicted octanol–water partition coefficient (Wildman–Crippen LogP) is 4.06. The molecule has 0 aliphatic carbocycles. The fraction of sp³-hybridized carbons (Fsp3) is 0. The van der Waals surface area contributed by atoms with Crippen LogP contribution in [0.15, 0.2) is 70.7 Å². The maximum atomic E-state index is 13.2. The van der Waals surface area contributed by atoms with Crippen LogP contribution in [0.5, 0.6) is 0 Å². The summed E-state index contributed by atoms with van der Waals surface area (Å²) in [6.45, 7) is 0. The van der Waals surface area contributed by atoms with Gasteiger partial charge in [-0.15, -0.1) is 0 Å². The van der Waals surface area contributed by atoms with E-state index >= 15 is 0 Å². The van der Waals surface area contributed by atoms with Crippen LogP contribution in [0.1, 0.15) is 5.76 Å². The lowest BCUT2D eigenvalue weighted by molar-refractivity contribution is -0.122. The quantitative estimate of drug-likeness (QED) is 0.402. The number of carbonyl (C=O) groups is 2. The monoisotopic (exact) mass is 410 g/mol. The lowest BCUT2D eigenvalue weighted by atomic mass is 10.1. The Labute approximate surface area is 169 Å². The van der Waals surface area contributed by atoms with Gasteiger partial charge in [0, 0.05) is 5.56 Å². The van der Waals surface area contributed by atoms with Crippen molar-refractivity contribution in [2.75, 3.05) is 4.90 Å². The molecule has 1 aromatic heterocycles. The molecule has 4 rings (SSSR count). The third kappa shape index (κ3) is 3.70. The maximum Gasteiger partial charge on any atom is 0.270 e. The average Bonchev–Trinajstić information content (AvgIpc) is 3.16. The number of nitrogens with one attached hydrogen (secondary N) is 1. The van der Waals surface area contributed by atoms with Gasteiger partial charge in [0.15, 0.2) is 5.11 Å². The molecular weight excluding hydrogens is 398 g/mol. The number of carbonyl (C=O) groups excluding carboxylic acids is 2. The number of amides is 2. The highest BCUT2D eigenvalue weighted by Gasteiger charge is 2.34.